The SMILES string of the molecule is C=C1C(=O)C(=O)C(C)=C1[O-]. The molecule has 0 aromatic rings. The Morgan fingerprint density at radius 2 is 1.80 bits per heavy atom. The number of hydrogen-bond donors (Lipinski definition) is 0. The van der Waals surface area contributed by atoms with E-state index in [4.69, 9.17) is 0 Å². The standard InChI is InChI=1S/C7H6O3/c1-3-5(8)4(2)7(10)6(3)9/h8H,1H2,2H3/p-1. The van der Waals surface area contributed by atoms with Gasteiger partial charge in [-0.25, -0.2) is 0 Å². The van der Waals surface area contributed by atoms with Crippen LogP contribution >= 0.6 is 0 Å². The monoisotopic (exact) mass is 137 g/mol. The van der Waals surface area contributed by atoms with Gasteiger partial charge in [-0.3, -0.25) is 9.59 Å². The summed E-state index contributed by atoms with van der Waals surface area (Å²) in [5.41, 5.74) is -0.225. The Bertz CT molecular complexity index is 245. The Hall–Kier alpha value is -1.38. The van der Waals surface area contributed by atoms with Crippen LogP contribution in [0.25, 0.3) is 0 Å². The normalized spacial score (nSPS) is 19.1. The third-order valence-corrected chi connectivity index (χ3v) is 1.44. The van der Waals surface area contributed by atoms with E-state index in [1.165, 1.54) is 6.92 Å². The van der Waals surface area contributed by atoms with Crippen molar-refractivity contribution in [3.63, 3.8) is 0 Å². The van der Waals surface area contributed by atoms with Crippen LogP contribution in [0.15, 0.2) is 23.5 Å². The predicted octanol–water partition coefficient (Wildman–Crippen LogP) is -0.671. The lowest BCUT2D eigenvalue weighted by Gasteiger charge is -2.04. The van der Waals surface area contributed by atoms with Crippen molar-refractivity contribution in [1.82, 2.24) is 0 Å². The quantitative estimate of drug-likeness (QED) is 0.328. The van der Waals surface area contributed by atoms with E-state index in [0.717, 1.165) is 0 Å². The zero-order valence-corrected chi connectivity index (χ0v) is 5.43. The molecule has 0 saturated heterocycles. The fourth-order valence-electron chi connectivity index (χ4n) is 0.740. The lowest BCUT2D eigenvalue weighted by molar-refractivity contribution is -0.297. The molecular weight excluding hydrogens is 132 g/mol. The molecule has 0 N–H and O–H groups in total. The van der Waals surface area contributed by atoms with Gasteiger partial charge in [-0.05, 0) is 12.5 Å². The molecule has 3 heteroatoms. The topological polar surface area (TPSA) is 57.2 Å². The van der Waals surface area contributed by atoms with Gasteiger partial charge in [0.05, 0.1) is 0 Å². The number of allylic oxidation sites excluding steroid dienone is 2. The van der Waals surface area contributed by atoms with E-state index in [0.29, 0.717) is 0 Å². The number of hydrogen-bond acceptors (Lipinski definition) is 3. The second-order valence-electron chi connectivity index (χ2n) is 2.09. The molecule has 0 saturated carbocycles. The van der Waals surface area contributed by atoms with Gasteiger partial charge in [0.15, 0.2) is 0 Å². The van der Waals surface area contributed by atoms with Crippen molar-refractivity contribution in [2.24, 2.45) is 0 Å². The minimum absolute atomic E-state index is 0.0185. The molecule has 0 spiro atoms. The van der Waals surface area contributed by atoms with Gasteiger partial charge in [0.2, 0.25) is 11.6 Å². The Morgan fingerprint density at radius 3 is 1.90 bits per heavy atom. The minimum atomic E-state index is -0.762. The lowest BCUT2D eigenvalue weighted by Crippen LogP contribution is -2.09. The summed E-state index contributed by atoms with van der Waals surface area (Å²) >= 11 is 0. The molecule has 0 radical (unpaired) electrons. The van der Waals surface area contributed by atoms with Crippen molar-refractivity contribution in [1.29, 1.82) is 0 Å². The average molecular weight is 137 g/mol. The fraction of sp³-hybridized carbons (Fsp3) is 0.143. The largest absolute Gasteiger partial charge is 0.872 e. The maximum absolute atomic E-state index is 10.7. The molecular formula is C7H5O3-. The van der Waals surface area contributed by atoms with Gasteiger partial charge in [-0.15, -0.1) is 0 Å². The van der Waals surface area contributed by atoms with Gasteiger partial charge in [-0.1, -0.05) is 12.3 Å². The number of rotatable bonds is 0. The highest BCUT2D eigenvalue weighted by molar-refractivity contribution is 6.52. The maximum Gasteiger partial charge on any atom is 0.231 e. The number of carbonyl (C=O) groups excluding carboxylic acids is 2. The number of Topliss-reactive ketones (excluding diaryl/α,β-unsaturated/α-hetero) is 2. The van der Waals surface area contributed by atoms with Crippen LogP contribution in [0.2, 0.25) is 0 Å². The number of carbonyl (C=O) groups is 2. The molecule has 1 aliphatic carbocycles. The average Bonchev–Trinajstić information content (AvgIpc) is 2.07. The lowest BCUT2D eigenvalue weighted by atomic mass is 10.2. The predicted molar refractivity (Wildman–Crippen MR) is 31.9 cm³/mol. The third kappa shape index (κ3) is 0.603. The summed E-state index contributed by atoms with van der Waals surface area (Å²) < 4.78 is 0. The summed E-state index contributed by atoms with van der Waals surface area (Å²) in [6.07, 6.45) is 0. The van der Waals surface area contributed by atoms with E-state index < -0.39 is 17.3 Å². The van der Waals surface area contributed by atoms with E-state index in [1.807, 2.05) is 0 Å². The van der Waals surface area contributed by atoms with Crippen LogP contribution in [0.5, 0.6) is 0 Å². The molecule has 0 unspecified atom stereocenters. The van der Waals surface area contributed by atoms with Crippen molar-refractivity contribution >= 4 is 11.6 Å². The highest BCUT2D eigenvalue weighted by Gasteiger charge is 2.26. The summed E-state index contributed by atoms with van der Waals surface area (Å²) in [6, 6.07) is 0. The molecule has 10 heavy (non-hydrogen) atoms. The molecule has 0 bridgehead atoms. The Morgan fingerprint density at radius 1 is 1.30 bits per heavy atom. The van der Waals surface area contributed by atoms with Crippen molar-refractivity contribution in [2.75, 3.05) is 0 Å². The molecule has 0 aromatic heterocycles. The summed E-state index contributed by atoms with van der Waals surface area (Å²) in [7, 11) is 0. The van der Waals surface area contributed by atoms with Crippen LogP contribution < -0.4 is 5.11 Å². The highest BCUT2D eigenvalue weighted by Crippen LogP contribution is 2.18. The highest BCUT2D eigenvalue weighted by atomic mass is 16.3. The Kier molecular flexibility index (Phi) is 1.21. The summed E-state index contributed by atoms with van der Waals surface area (Å²) in [5, 5.41) is 10.7. The first-order chi connectivity index (χ1) is 4.55. The van der Waals surface area contributed by atoms with Crippen LogP contribution in [-0.2, 0) is 9.59 Å². The van der Waals surface area contributed by atoms with Gasteiger partial charge < -0.3 is 5.11 Å². The summed E-state index contributed by atoms with van der Waals surface area (Å²) in [6.45, 7) is 4.51. The molecule has 1 aliphatic rings. The Balaban J connectivity index is 3.24. The van der Waals surface area contributed by atoms with E-state index in [2.05, 4.69) is 6.58 Å². The molecule has 0 fully saturated rings. The summed E-state index contributed by atoms with van der Waals surface area (Å²) in [5.74, 6) is -1.99. The van der Waals surface area contributed by atoms with E-state index in [-0.39, 0.29) is 11.1 Å². The molecule has 52 valence electrons. The van der Waals surface area contributed by atoms with Gasteiger partial charge in [0.25, 0.3) is 0 Å². The molecule has 1 rings (SSSR count). The number of ketones is 2. The van der Waals surface area contributed by atoms with Gasteiger partial charge >= 0.3 is 0 Å². The van der Waals surface area contributed by atoms with Crippen LogP contribution in [0.1, 0.15) is 6.92 Å². The molecule has 0 atom stereocenters. The molecule has 0 amide bonds. The van der Waals surface area contributed by atoms with Gasteiger partial charge in [0, 0.05) is 5.57 Å². The third-order valence-electron chi connectivity index (χ3n) is 1.44. The van der Waals surface area contributed by atoms with Crippen LogP contribution in [0.4, 0.5) is 0 Å². The van der Waals surface area contributed by atoms with E-state index >= 15 is 0 Å². The fourth-order valence-corrected chi connectivity index (χ4v) is 0.740. The smallest absolute Gasteiger partial charge is 0.231 e. The van der Waals surface area contributed by atoms with Crippen LogP contribution in [-0.4, -0.2) is 11.6 Å². The first-order valence-electron chi connectivity index (χ1n) is 2.72. The second-order valence-corrected chi connectivity index (χ2v) is 2.09. The van der Waals surface area contributed by atoms with Crippen molar-refractivity contribution in [2.45, 2.75) is 6.92 Å². The zero-order chi connectivity index (χ0) is 7.89. The zero-order valence-electron chi connectivity index (χ0n) is 5.43. The van der Waals surface area contributed by atoms with Crippen molar-refractivity contribution < 1.29 is 14.7 Å². The molecule has 3 nitrogen and oxygen atoms in total. The Labute approximate surface area is 57.7 Å². The van der Waals surface area contributed by atoms with E-state index in [1.54, 1.807) is 0 Å². The second kappa shape index (κ2) is 1.80. The van der Waals surface area contributed by atoms with Crippen LogP contribution in [0, 0.1) is 0 Å². The van der Waals surface area contributed by atoms with Crippen molar-refractivity contribution in [3.05, 3.63) is 23.5 Å². The first-order valence-corrected chi connectivity index (χ1v) is 2.72. The maximum atomic E-state index is 10.7. The van der Waals surface area contributed by atoms with Crippen LogP contribution in [0.3, 0.4) is 0 Å². The minimum Gasteiger partial charge on any atom is -0.872 e. The van der Waals surface area contributed by atoms with Gasteiger partial charge in [0.1, 0.15) is 0 Å². The molecule has 0 heterocycles. The summed E-state index contributed by atoms with van der Waals surface area (Å²) in [4.78, 5) is 21.3. The van der Waals surface area contributed by atoms with Gasteiger partial charge in [-0.2, -0.15) is 0 Å². The van der Waals surface area contributed by atoms with E-state index in [9.17, 15) is 14.7 Å². The van der Waals surface area contributed by atoms with Crippen molar-refractivity contribution in [3.8, 4) is 0 Å². The molecule has 0 aliphatic heterocycles. The first kappa shape index (κ1) is 6.74. The molecule has 0 aromatic carbocycles.